The topological polar surface area (TPSA) is 52.6 Å². The van der Waals surface area contributed by atoms with E-state index in [-0.39, 0.29) is 22.8 Å². The van der Waals surface area contributed by atoms with Crippen molar-refractivity contribution in [3.05, 3.63) is 12.2 Å². The van der Waals surface area contributed by atoms with Crippen LogP contribution in [0.3, 0.4) is 0 Å². The second kappa shape index (κ2) is 19.9. The first-order chi connectivity index (χ1) is 16.0. The van der Waals surface area contributed by atoms with Crippen molar-refractivity contribution in [3.63, 3.8) is 0 Å². The molecule has 0 bridgehead atoms. The van der Waals surface area contributed by atoms with Gasteiger partial charge in [-0.2, -0.15) is 0 Å². The van der Waals surface area contributed by atoms with Crippen LogP contribution in [0.4, 0.5) is 0 Å². The zero-order chi connectivity index (χ0) is 25.7. The second-order valence-electron chi connectivity index (χ2n) is 12.2. The highest BCUT2D eigenvalue weighted by molar-refractivity contribution is 5.69. The number of carbonyl (C=O) groups excluding carboxylic acids is 2. The van der Waals surface area contributed by atoms with E-state index >= 15 is 0 Å². The van der Waals surface area contributed by atoms with Crippen molar-refractivity contribution in [2.75, 3.05) is 13.2 Å². The molecule has 0 aromatic rings. The first-order valence-corrected chi connectivity index (χ1v) is 14.0. The van der Waals surface area contributed by atoms with Gasteiger partial charge in [0.25, 0.3) is 0 Å². The summed E-state index contributed by atoms with van der Waals surface area (Å²) in [5.41, 5.74) is 0.102. The Bertz CT molecular complexity index is 537. The maximum atomic E-state index is 11.7. The maximum Gasteiger partial charge on any atom is 0.305 e. The Hall–Kier alpha value is -1.32. The van der Waals surface area contributed by atoms with E-state index in [4.69, 9.17) is 9.47 Å². The molecule has 0 fully saturated rings. The van der Waals surface area contributed by atoms with Crippen LogP contribution in [0.5, 0.6) is 0 Å². The third-order valence-corrected chi connectivity index (χ3v) is 5.50. The van der Waals surface area contributed by atoms with Gasteiger partial charge >= 0.3 is 11.9 Å². The quantitative estimate of drug-likeness (QED) is 0.0991. The van der Waals surface area contributed by atoms with Crippen LogP contribution < -0.4 is 0 Å². The molecule has 0 unspecified atom stereocenters. The van der Waals surface area contributed by atoms with E-state index in [1.165, 1.54) is 64.2 Å². The Morgan fingerprint density at radius 2 is 0.794 bits per heavy atom. The highest BCUT2D eigenvalue weighted by atomic mass is 16.5. The molecule has 0 saturated heterocycles. The lowest BCUT2D eigenvalue weighted by Gasteiger charge is -2.17. The maximum absolute atomic E-state index is 11.7. The van der Waals surface area contributed by atoms with Crippen molar-refractivity contribution in [1.82, 2.24) is 0 Å². The van der Waals surface area contributed by atoms with Gasteiger partial charge in [0.05, 0.1) is 13.2 Å². The fourth-order valence-corrected chi connectivity index (χ4v) is 3.45. The summed E-state index contributed by atoms with van der Waals surface area (Å²) in [6.07, 6.45) is 22.4. The minimum absolute atomic E-state index is 0.0460. The van der Waals surface area contributed by atoms with E-state index in [2.05, 4.69) is 53.7 Å². The molecule has 200 valence electrons. The zero-order valence-corrected chi connectivity index (χ0v) is 23.5. The monoisotopic (exact) mass is 480 g/mol. The fourth-order valence-electron chi connectivity index (χ4n) is 3.45. The lowest BCUT2D eigenvalue weighted by atomic mass is 9.99. The SMILES string of the molecule is CC(C)(C)COC(=O)CCCCCCC/C=C/CCCCCCCCCC(=O)OCC(C)(C)C. The summed E-state index contributed by atoms with van der Waals surface area (Å²) in [7, 11) is 0. The molecule has 0 saturated carbocycles. The smallest absolute Gasteiger partial charge is 0.305 e. The summed E-state index contributed by atoms with van der Waals surface area (Å²) in [5.74, 6) is -0.0955. The number of hydrogen-bond donors (Lipinski definition) is 0. The molecule has 4 heteroatoms. The number of hydrogen-bond acceptors (Lipinski definition) is 4. The molecule has 0 atom stereocenters. The zero-order valence-electron chi connectivity index (χ0n) is 23.5. The number of ether oxygens (including phenoxy) is 2. The first kappa shape index (κ1) is 32.7. The van der Waals surface area contributed by atoms with Gasteiger partial charge in [0, 0.05) is 12.8 Å². The Labute approximate surface area is 211 Å². The molecule has 4 nitrogen and oxygen atoms in total. The highest BCUT2D eigenvalue weighted by Gasteiger charge is 2.14. The van der Waals surface area contributed by atoms with Gasteiger partial charge in [-0.05, 0) is 49.4 Å². The van der Waals surface area contributed by atoms with Crippen molar-refractivity contribution >= 4 is 11.9 Å². The third-order valence-electron chi connectivity index (χ3n) is 5.50. The van der Waals surface area contributed by atoms with Gasteiger partial charge in [-0.3, -0.25) is 9.59 Å². The van der Waals surface area contributed by atoms with Crippen molar-refractivity contribution in [1.29, 1.82) is 0 Å². The molecule has 0 aliphatic carbocycles. The number of rotatable bonds is 20. The van der Waals surface area contributed by atoms with Crippen LogP contribution in [0.2, 0.25) is 0 Å². The molecular formula is C30H56O4. The summed E-state index contributed by atoms with van der Waals surface area (Å²) in [6, 6.07) is 0. The number of esters is 2. The molecule has 0 aliphatic rings. The molecule has 0 aliphatic heterocycles. The molecule has 0 radical (unpaired) electrons. The van der Waals surface area contributed by atoms with E-state index < -0.39 is 0 Å². The van der Waals surface area contributed by atoms with Gasteiger partial charge in [0.2, 0.25) is 0 Å². The molecule has 0 rings (SSSR count). The van der Waals surface area contributed by atoms with Crippen molar-refractivity contribution in [2.24, 2.45) is 10.8 Å². The summed E-state index contributed by atoms with van der Waals surface area (Å²) < 4.78 is 10.6. The van der Waals surface area contributed by atoms with Crippen LogP contribution in [-0.2, 0) is 19.1 Å². The summed E-state index contributed by atoms with van der Waals surface area (Å²) in [4.78, 5) is 23.3. The molecule has 0 aromatic carbocycles. The fraction of sp³-hybridized carbons (Fsp3) is 0.867. The third kappa shape index (κ3) is 26.9. The average molecular weight is 481 g/mol. The van der Waals surface area contributed by atoms with Gasteiger partial charge in [-0.1, -0.05) is 105 Å². The van der Waals surface area contributed by atoms with E-state index in [9.17, 15) is 9.59 Å². The Morgan fingerprint density at radius 1 is 0.500 bits per heavy atom. The minimum Gasteiger partial charge on any atom is -0.465 e. The van der Waals surface area contributed by atoms with Crippen molar-refractivity contribution in [3.8, 4) is 0 Å². The normalized spacial score (nSPS) is 12.3. The standard InChI is InChI=1S/C30H56O4/c1-29(2,3)25-33-27(31)23-21-19-17-15-13-11-9-7-8-10-12-14-16-18-20-22-24-28(32)34-26-30(4,5)6/h7,9H,8,10-26H2,1-6H3/b9-7+. The number of unbranched alkanes of at least 4 members (excludes halogenated alkanes) is 12. The molecule has 0 N–H and O–H groups in total. The molecule has 34 heavy (non-hydrogen) atoms. The predicted octanol–water partition coefficient (Wildman–Crippen LogP) is 8.96. The van der Waals surface area contributed by atoms with Gasteiger partial charge in [0.1, 0.15) is 0 Å². The predicted molar refractivity (Wildman–Crippen MR) is 144 cm³/mol. The van der Waals surface area contributed by atoms with Gasteiger partial charge < -0.3 is 9.47 Å². The van der Waals surface area contributed by atoms with Crippen LogP contribution >= 0.6 is 0 Å². The lowest BCUT2D eigenvalue weighted by Crippen LogP contribution is -2.18. The van der Waals surface area contributed by atoms with E-state index in [1.54, 1.807) is 0 Å². The largest absolute Gasteiger partial charge is 0.465 e. The van der Waals surface area contributed by atoms with Crippen LogP contribution in [0, 0.1) is 10.8 Å². The molecular weight excluding hydrogens is 424 g/mol. The number of carbonyl (C=O) groups is 2. The van der Waals surface area contributed by atoms with Gasteiger partial charge in [0.15, 0.2) is 0 Å². The van der Waals surface area contributed by atoms with E-state index in [0.717, 1.165) is 25.7 Å². The molecule has 0 heterocycles. The van der Waals surface area contributed by atoms with Crippen LogP contribution in [0.15, 0.2) is 12.2 Å². The van der Waals surface area contributed by atoms with Crippen molar-refractivity contribution in [2.45, 2.75) is 144 Å². The van der Waals surface area contributed by atoms with Gasteiger partial charge in [-0.15, -0.1) is 0 Å². The van der Waals surface area contributed by atoms with Gasteiger partial charge in [-0.25, -0.2) is 0 Å². The molecule has 0 spiro atoms. The Balaban J connectivity index is 3.32. The number of allylic oxidation sites excluding steroid dienone is 2. The van der Waals surface area contributed by atoms with Crippen molar-refractivity contribution < 1.29 is 19.1 Å². The molecule has 0 aromatic heterocycles. The molecule has 0 amide bonds. The van der Waals surface area contributed by atoms with Crippen LogP contribution in [0.25, 0.3) is 0 Å². The Kier molecular flexibility index (Phi) is 19.2. The lowest BCUT2D eigenvalue weighted by molar-refractivity contribution is -0.147. The summed E-state index contributed by atoms with van der Waals surface area (Å²) in [5, 5.41) is 0. The van der Waals surface area contributed by atoms with Crippen LogP contribution in [-0.4, -0.2) is 25.2 Å². The minimum atomic E-state index is -0.0495. The highest BCUT2D eigenvalue weighted by Crippen LogP contribution is 2.16. The summed E-state index contributed by atoms with van der Waals surface area (Å²) >= 11 is 0. The van der Waals surface area contributed by atoms with E-state index in [0.29, 0.717) is 26.1 Å². The first-order valence-electron chi connectivity index (χ1n) is 14.0. The van der Waals surface area contributed by atoms with Crippen LogP contribution in [0.1, 0.15) is 144 Å². The summed E-state index contributed by atoms with van der Waals surface area (Å²) in [6.45, 7) is 13.5. The second-order valence-corrected chi connectivity index (χ2v) is 12.2. The average Bonchev–Trinajstić information content (AvgIpc) is 2.74. The van der Waals surface area contributed by atoms with E-state index in [1.807, 2.05) is 0 Å². The Morgan fingerprint density at radius 3 is 1.12 bits per heavy atom.